The largest absolute Gasteiger partial charge is 0.381 e. The Balaban J connectivity index is 1.85. The van der Waals surface area contributed by atoms with Gasteiger partial charge in [-0.3, -0.25) is 4.90 Å². The molecule has 0 aliphatic carbocycles. The van der Waals surface area contributed by atoms with Gasteiger partial charge in [0, 0.05) is 62.9 Å². The Morgan fingerprint density at radius 1 is 1.14 bits per heavy atom. The minimum atomic E-state index is 0.305. The van der Waals surface area contributed by atoms with Gasteiger partial charge in [0.15, 0.2) is 0 Å². The third kappa shape index (κ3) is 4.92. The zero-order valence-corrected chi connectivity index (χ0v) is 14.7. The summed E-state index contributed by atoms with van der Waals surface area (Å²) in [5.41, 5.74) is 0.633. The second-order valence-corrected chi connectivity index (χ2v) is 8.27. The molecular weight excluding hydrogens is 262 g/mol. The molecule has 0 radical (unpaired) electrons. The number of hydrogen-bond acceptors (Lipinski definition) is 4. The molecule has 0 amide bonds. The van der Waals surface area contributed by atoms with Crippen LogP contribution in [0.3, 0.4) is 0 Å². The molecule has 1 N–H and O–H groups in total. The molecule has 0 bridgehead atoms. The number of piperazine rings is 1. The van der Waals surface area contributed by atoms with Crippen LogP contribution in [0.4, 0.5) is 0 Å². The third-order valence-electron chi connectivity index (χ3n) is 4.95. The molecule has 4 heteroatoms. The van der Waals surface area contributed by atoms with Gasteiger partial charge in [0.1, 0.15) is 0 Å². The van der Waals surface area contributed by atoms with E-state index in [1.165, 1.54) is 39.1 Å². The summed E-state index contributed by atoms with van der Waals surface area (Å²) in [6.07, 6.45) is 1.20. The topological polar surface area (TPSA) is 27.7 Å². The fourth-order valence-electron chi connectivity index (χ4n) is 3.44. The maximum Gasteiger partial charge on any atom is 0.0547 e. The SMILES string of the molecule is CC(C)NCC1(CN2CCN(C(C)(C)C)CC2)CCOC1. The Bertz CT molecular complexity index is 310. The van der Waals surface area contributed by atoms with Crippen LogP contribution in [0.15, 0.2) is 0 Å². The van der Waals surface area contributed by atoms with Crippen LogP contribution in [0, 0.1) is 5.41 Å². The molecule has 2 heterocycles. The van der Waals surface area contributed by atoms with Gasteiger partial charge in [0.2, 0.25) is 0 Å². The van der Waals surface area contributed by atoms with Crippen LogP contribution < -0.4 is 5.32 Å². The normalized spacial score (nSPS) is 29.4. The van der Waals surface area contributed by atoms with E-state index in [1.807, 2.05) is 0 Å². The summed E-state index contributed by atoms with van der Waals surface area (Å²) in [5, 5.41) is 3.63. The van der Waals surface area contributed by atoms with Crippen LogP contribution in [0.1, 0.15) is 41.0 Å². The van der Waals surface area contributed by atoms with Crippen LogP contribution in [0.2, 0.25) is 0 Å². The number of hydrogen-bond donors (Lipinski definition) is 1. The van der Waals surface area contributed by atoms with E-state index in [2.05, 4.69) is 49.7 Å². The summed E-state index contributed by atoms with van der Waals surface area (Å²) in [6.45, 7) is 20.3. The Morgan fingerprint density at radius 3 is 2.29 bits per heavy atom. The van der Waals surface area contributed by atoms with Gasteiger partial charge in [0.25, 0.3) is 0 Å². The number of nitrogens with zero attached hydrogens (tertiary/aromatic N) is 2. The molecule has 0 spiro atoms. The Kier molecular flexibility index (Phi) is 5.69. The highest BCUT2D eigenvalue weighted by Gasteiger charge is 2.37. The quantitative estimate of drug-likeness (QED) is 0.837. The van der Waals surface area contributed by atoms with Crippen molar-refractivity contribution in [1.29, 1.82) is 0 Å². The second-order valence-electron chi connectivity index (χ2n) is 8.27. The highest BCUT2D eigenvalue weighted by molar-refractivity contribution is 4.91. The molecule has 2 saturated heterocycles. The lowest BCUT2D eigenvalue weighted by molar-refractivity contribution is 0.0347. The molecule has 2 fully saturated rings. The van der Waals surface area contributed by atoms with Crippen molar-refractivity contribution in [1.82, 2.24) is 15.1 Å². The number of nitrogens with one attached hydrogen (secondary N) is 1. The molecule has 0 saturated carbocycles. The average Bonchev–Trinajstić information content (AvgIpc) is 2.85. The Morgan fingerprint density at radius 2 is 1.81 bits per heavy atom. The fourth-order valence-corrected chi connectivity index (χ4v) is 3.44. The zero-order chi connectivity index (χ0) is 15.5. The smallest absolute Gasteiger partial charge is 0.0547 e. The van der Waals surface area contributed by atoms with Crippen molar-refractivity contribution in [3.63, 3.8) is 0 Å². The van der Waals surface area contributed by atoms with Crippen molar-refractivity contribution < 1.29 is 4.74 Å². The molecule has 0 aromatic rings. The maximum absolute atomic E-state index is 5.73. The molecule has 1 unspecified atom stereocenters. The van der Waals surface area contributed by atoms with Crippen LogP contribution in [0.25, 0.3) is 0 Å². The highest BCUT2D eigenvalue weighted by Crippen LogP contribution is 2.30. The van der Waals surface area contributed by atoms with Crippen molar-refractivity contribution in [3.8, 4) is 0 Å². The Labute approximate surface area is 131 Å². The van der Waals surface area contributed by atoms with Gasteiger partial charge in [0.05, 0.1) is 6.61 Å². The first-order valence-corrected chi connectivity index (χ1v) is 8.59. The minimum absolute atomic E-state index is 0.305. The lowest BCUT2D eigenvalue weighted by Gasteiger charge is -2.44. The first-order chi connectivity index (χ1) is 9.81. The first-order valence-electron chi connectivity index (χ1n) is 8.59. The van der Waals surface area contributed by atoms with E-state index < -0.39 is 0 Å². The van der Waals surface area contributed by atoms with Gasteiger partial charge < -0.3 is 15.0 Å². The van der Waals surface area contributed by atoms with Crippen LogP contribution in [-0.4, -0.2) is 73.9 Å². The summed E-state index contributed by atoms with van der Waals surface area (Å²) >= 11 is 0. The van der Waals surface area contributed by atoms with Gasteiger partial charge >= 0.3 is 0 Å². The first kappa shape index (κ1) is 17.2. The summed E-state index contributed by atoms with van der Waals surface area (Å²) in [6, 6.07) is 0.556. The van der Waals surface area contributed by atoms with E-state index in [4.69, 9.17) is 4.74 Å². The van der Waals surface area contributed by atoms with Gasteiger partial charge in [-0.05, 0) is 27.2 Å². The molecule has 21 heavy (non-hydrogen) atoms. The lowest BCUT2D eigenvalue weighted by Crippen LogP contribution is -2.56. The monoisotopic (exact) mass is 297 g/mol. The molecule has 2 aliphatic heterocycles. The predicted molar refractivity (Wildman–Crippen MR) is 88.8 cm³/mol. The third-order valence-corrected chi connectivity index (χ3v) is 4.95. The minimum Gasteiger partial charge on any atom is -0.381 e. The molecular formula is C17H35N3O. The Hall–Kier alpha value is -0.160. The molecule has 0 aromatic carbocycles. The van der Waals surface area contributed by atoms with Crippen molar-refractivity contribution in [3.05, 3.63) is 0 Å². The summed E-state index contributed by atoms with van der Waals surface area (Å²) in [4.78, 5) is 5.26. The molecule has 2 rings (SSSR count). The fraction of sp³-hybridized carbons (Fsp3) is 1.00. The number of rotatable bonds is 5. The number of ether oxygens (including phenoxy) is 1. The van der Waals surface area contributed by atoms with Crippen molar-refractivity contribution in [2.24, 2.45) is 5.41 Å². The lowest BCUT2D eigenvalue weighted by atomic mass is 9.86. The van der Waals surface area contributed by atoms with E-state index in [1.54, 1.807) is 0 Å². The van der Waals surface area contributed by atoms with Crippen LogP contribution in [0.5, 0.6) is 0 Å². The molecule has 4 nitrogen and oxygen atoms in total. The van der Waals surface area contributed by atoms with Crippen molar-refractivity contribution in [2.45, 2.75) is 52.6 Å². The summed E-state index contributed by atoms with van der Waals surface area (Å²) in [5.74, 6) is 0. The average molecular weight is 297 g/mol. The van der Waals surface area contributed by atoms with Gasteiger partial charge in [-0.2, -0.15) is 0 Å². The molecule has 0 aromatic heterocycles. The van der Waals surface area contributed by atoms with E-state index in [0.29, 0.717) is 17.0 Å². The zero-order valence-electron chi connectivity index (χ0n) is 14.7. The second kappa shape index (κ2) is 6.95. The molecule has 1 atom stereocenters. The summed E-state index contributed by atoms with van der Waals surface area (Å²) in [7, 11) is 0. The van der Waals surface area contributed by atoms with E-state index in [9.17, 15) is 0 Å². The van der Waals surface area contributed by atoms with E-state index in [-0.39, 0.29) is 0 Å². The van der Waals surface area contributed by atoms with Crippen molar-refractivity contribution >= 4 is 0 Å². The predicted octanol–water partition coefficient (Wildman–Crippen LogP) is 1.81. The molecule has 124 valence electrons. The molecule has 2 aliphatic rings. The van der Waals surface area contributed by atoms with Crippen molar-refractivity contribution in [2.75, 3.05) is 52.5 Å². The van der Waals surface area contributed by atoms with Crippen LogP contribution >= 0.6 is 0 Å². The highest BCUT2D eigenvalue weighted by atomic mass is 16.5. The van der Waals surface area contributed by atoms with E-state index >= 15 is 0 Å². The maximum atomic E-state index is 5.73. The van der Waals surface area contributed by atoms with Crippen LogP contribution in [-0.2, 0) is 4.74 Å². The van der Waals surface area contributed by atoms with Gasteiger partial charge in [-0.15, -0.1) is 0 Å². The summed E-state index contributed by atoms with van der Waals surface area (Å²) < 4.78 is 5.73. The van der Waals surface area contributed by atoms with Gasteiger partial charge in [-0.1, -0.05) is 13.8 Å². The van der Waals surface area contributed by atoms with E-state index in [0.717, 1.165) is 19.8 Å². The standard InChI is InChI=1S/C17H35N3O/c1-15(2)18-12-17(6-11-21-14-17)13-19-7-9-20(10-8-19)16(3,4)5/h15,18H,6-14H2,1-5H3. The van der Waals surface area contributed by atoms with Gasteiger partial charge in [-0.25, -0.2) is 0 Å².